The monoisotopic (exact) mass is 585 g/mol. The second kappa shape index (κ2) is 13.6. The first-order chi connectivity index (χ1) is 19.7. The molecule has 1 aromatic rings. The van der Waals surface area contributed by atoms with Crippen molar-refractivity contribution >= 4 is 12.0 Å². The maximum absolute atomic E-state index is 14.2. The molecule has 0 saturated heterocycles. The first-order valence-corrected chi connectivity index (χ1v) is 13.1. The summed E-state index contributed by atoms with van der Waals surface area (Å²) in [4.78, 5) is 29.0. The van der Waals surface area contributed by atoms with Gasteiger partial charge in [0.15, 0.2) is 11.5 Å². The van der Waals surface area contributed by atoms with Crippen LogP contribution in [0.5, 0.6) is 11.5 Å². The average molecular weight is 586 g/mol. The molecule has 1 fully saturated rings. The van der Waals surface area contributed by atoms with Crippen molar-refractivity contribution in [2.45, 2.75) is 62.7 Å². The minimum absolute atomic E-state index is 0.00796. The Morgan fingerprint density at radius 1 is 0.805 bits per heavy atom. The average Bonchev–Trinajstić information content (AvgIpc) is 3.39. The van der Waals surface area contributed by atoms with Crippen molar-refractivity contribution in [2.24, 2.45) is 0 Å². The van der Waals surface area contributed by atoms with Gasteiger partial charge in [-0.25, -0.2) is 9.69 Å². The summed E-state index contributed by atoms with van der Waals surface area (Å²) in [5.41, 5.74) is -0.131. The molecule has 1 saturated carbocycles. The lowest BCUT2D eigenvalue weighted by Crippen LogP contribution is -2.70. The fraction of sp³-hybridized carbons (Fsp3) is 0.704. The molecule has 0 bridgehead atoms. The summed E-state index contributed by atoms with van der Waals surface area (Å²) in [6, 6.07) is 2.29. The summed E-state index contributed by atoms with van der Waals surface area (Å²) in [7, 11) is 5.90. The first kappa shape index (κ1) is 31.4. The number of methoxy groups -OCH3 is 4. The molecule has 2 aliphatic heterocycles. The van der Waals surface area contributed by atoms with Crippen molar-refractivity contribution in [2.75, 3.05) is 62.4 Å². The van der Waals surface area contributed by atoms with Gasteiger partial charge >= 0.3 is 6.09 Å². The van der Waals surface area contributed by atoms with Gasteiger partial charge in [-0.15, -0.1) is 0 Å². The molecule has 14 heteroatoms. The molecule has 0 unspecified atom stereocenters. The van der Waals surface area contributed by atoms with E-state index in [4.69, 9.17) is 52.1 Å². The van der Waals surface area contributed by atoms with Gasteiger partial charge < -0.3 is 52.1 Å². The zero-order chi connectivity index (χ0) is 29.7. The zero-order valence-electron chi connectivity index (χ0n) is 24.4. The third-order valence-corrected chi connectivity index (χ3v) is 6.78. The minimum atomic E-state index is -0.994. The Morgan fingerprint density at radius 3 is 1.83 bits per heavy atom. The lowest BCUT2D eigenvalue weighted by molar-refractivity contribution is -0.272. The Bertz CT molecular complexity index is 1060. The molecule has 2 amide bonds. The van der Waals surface area contributed by atoms with Crippen molar-refractivity contribution in [1.82, 2.24) is 4.90 Å². The van der Waals surface area contributed by atoms with Crippen molar-refractivity contribution in [3.05, 3.63) is 23.3 Å². The predicted octanol–water partition coefficient (Wildman–Crippen LogP) is 2.23. The fourth-order valence-corrected chi connectivity index (χ4v) is 5.40. The zero-order valence-corrected chi connectivity index (χ0v) is 24.4. The van der Waals surface area contributed by atoms with Crippen LogP contribution in [0.2, 0.25) is 0 Å². The van der Waals surface area contributed by atoms with E-state index in [9.17, 15) is 9.59 Å². The van der Waals surface area contributed by atoms with Crippen LogP contribution in [0.1, 0.15) is 42.6 Å². The molecule has 4 rings (SSSR count). The number of hydrogen-bond acceptors (Lipinski definition) is 13. The molecule has 0 N–H and O–H groups in total. The smallest absolute Gasteiger partial charge is 0.417 e. The number of hydrogen-bond donors (Lipinski definition) is 0. The molecule has 1 aliphatic carbocycles. The van der Waals surface area contributed by atoms with Crippen LogP contribution in [0, 0.1) is 0 Å². The lowest BCUT2D eigenvalue weighted by atomic mass is 9.69. The van der Waals surface area contributed by atoms with Crippen LogP contribution in [-0.2, 0) is 42.6 Å². The van der Waals surface area contributed by atoms with E-state index in [1.807, 2.05) is 0 Å². The highest BCUT2D eigenvalue weighted by Crippen LogP contribution is 2.49. The van der Waals surface area contributed by atoms with E-state index in [1.54, 1.807) is 32.9 Å². The summed E-state index contributed by atoms with van der Waals surface area (Å²) in [5.74, 6) is -0.489. The first-order valence-electron chi connectivity index (χ1n) is 13.1. The van der Waals surface area contributed by atoms with Crippen molar-refractivity contribution in [3.63, 3.8) is 0 Å². The Morgan fingerprint density at radius 2 is 1.29 bits per heavy atom. The summed E-state index contributed by atoms with van der Waals surface area (Å²) in [5, 5.41) is 0. The number of amides is 2. The Balaban J connectivity index is 1.95. The van der Waals surface area contributed by atoms with Gasteiger partial charge in [0.05, 0.1) is 12.1 Å². The van der Waals surface area contributed by atoms with E-state index in [0.29, 0.717) is 17.1 Å². The van der Waals surface area contributed by atoms with Gasteiger partial charge in [-0.05, 0) is 38.5 Å². The number of benzene rings is 1. The normalized spacial score (nSPS) is 27.0. The summed E-state index contributed by atoms with van der Waals surface area (Å²) in [6.45, 7) is 4.58. The summed E-state index contributed by atoms with van der Waals surface area (Å²) in [6.07, 6.45) is -4.43. The van der Waals surface area contributed by atoms with Gasteiger partial charge in [0.1, 0.15) is 51.1 Å². The third kappa shape index (κ3) is 6.60. The highest BCUT2D eigenvalue weighted by molar-refractivity contribution is 6.06. The highest BCUT2D eigenvalue weighted by Gasteiger charge is 2.61. The lowest BCUT2D eigenvalue weighted by Gasteiger charge is -2.54. The molecule has 1 aromatic carbocycles. The molecular weight excluding hydrogens is 546 g/mol. The van der Waals surface area contributed by atoms with Gasteiger partial charge in [0, 0.05) is 39.9 Å². The number of rotatable bonds is 12. The molecule has 0 aromatic heterocycles. The minimum Gasteiger partial charge on any atom is -0.454 e. The van der Waals surface area contributed by atoms with E-state index in [-0.39, 0.29) is 39.5 Å². The van der Waals surface area contributed by atoms with Crippen LogP contribution in [-0.4, -0.2) is 115 Å². The van der Waals surface area contributed by atoms with Gasteiger partial charge in [0.2, 0.25) is 6.79 Å². The second-order valence-corrected chi connectivity index (χ2v) is 10.6. The van der Waals surface area contributed by atoms with Crippen molar-refractivity contribution in [3.8, 4) is 11.5 Å². The fourth-order valence-electron chi connectivity index (χ4n) is 5.40. The van der Waals surface area contributed by atoms with E-state index in [0.717, 1.165) is 4.90 Å². The van der Waals surface area contributed by atoms with Crippen molar-refractivity contribution < 1.29 is 61.7 Å². The highest BCUT2D eigenvalue weighted by atomic mass is 16.7. The van der Waals surface area contributed by atoms with Crippen LogP contribution in [0.4, 0.5) is 4.79 Å². The Kier molecular flexibility index (Phi) is 10.4. The van der Waals surface area contributed by atoms with E-state index >= 15 is 0 Å². The molecule has 0 radical (unpaired) electrons. The topological polar surface area (TPSA) is 139 Å². The number of nitrogens with zero attached hydrogens (tertiary/aromatic N) is 1. The van der Waals surface area contributed by atoms with Gasteiger partial charge in [-0.1, -0.05) is 0 Å². The second-order valence-electron chi connectivity index (χ2n) is 10.6. The standard InChI is InChI=1S/C27H39NO13/c1-27(2,3)41-26(30)28-20-19(15-8-17-18(36-14-35-17)9-16(15)25(28)29)21(37-10-31-4)23(39-12-33-6)24(40-13-34-7)22(20)38-11-32-5/h8-9,19-24H,10-14H2,1-7H3/t19-,20+,21-,22-,23-,24-/m0/s1. The molecule has 14 nitrogen and oxygen atoms in total. The van der Waals surface area contributed by atoms with E-state index < -0.39 is 54.0 Å². The van der Waals surface area contributed by atoms with E-state index in [1.165, 1.54) is 28.4 Å². The predicted molar refractivity (Wildman–Crippen MR) is 138 cm³/mol. The third-order valence-electron chi connectivity index (χ3n) is 6.78. The van der Waals surface area contributed by atoms with E-state index in [2.05, 4.69) is 0 Å². The Hall–Kier alpha value is -2.56. The largest absolute Gasteiger partial charge is 0.454 e. The molecular formula is C27H39NO13. The maximum atomic E-state index is 14.2. The number of carbonyl (C=O) groups excluding carboxylic acids is 2. The molecule has 41 heavy (non-hydrogen) atoms. The molecule has 6 atom stereocenters. The Labute approximate surface area is 238 Å². The quantitative estimate of drug-likeness (QED) is 0.332. The molecule has 3 aliphatic rings. The SMILES string of the molecule is COCO[C@@H]1[C@@H](OCOC)[C@@H](OCOC)[C@H]2[C@H](c3cc4c(cc3C(=O)N2C(=O)OC(C)(C)C)OCO4)[C@@H]1OCOC. The van der Waals surface area contributed by atoms with Crippen LogP contribution in [0.25, 0.3) is 0 Å². The summed E-state index contributed by atoms with van der Waals surface area (Å²) < 4.78 is 62.5. The van der Waals surface area contributed by atoms with Crippen LogP contribution in [0.3, 0.4) is 0 Å². The summed E-state index contributed by atoms with van der Waals surface area (Å²) >= 11 is 0. The number of ether oxygens (including phenoxy) is 11. The number of fused-ring (bicyclic) bond motifs is 4. The van der Waals surface area contributed by atoms with Crippen LogP contribution >= 0.6 is 0 Å². The van der Waals surface area contributed by atoms with Gasteiger partial charge in [-0.2, -0.15) is 0 Å². The van der Waals surface area contributed by atoms with Gasteiger partial charge in [0.25, 0.3) is 5.91 Å². The maximum Gasteiger partial charge on any atom is 0.417 e. The molecule has 2 heterocycles. The number of carbonyl (C=O) groups is 2. The van der Waals surface area contributed by atoms with Gasteiger partial charge in [-0.3, -0.25) is 4.79 Å². The molecule has 0 spiro atoms. The molecule has 230 valence electrons. The van der Waals surface area contributed by atoms with Crippen molar-refractivity contribution in [1.29, 1.82) is 0 Å². The van der Waals surface area contributed by atoms with Crippen LogP contribution in [0.15, 0.2) is 12.1 Å². The van der Waals surface area contributed by atoms with Crippen LogP contribution < -0.4 is 9.47 Å². The number of imide groups is 1.